The number of hydrogen-bond donors (Lipinski definition) is 0. The lowest BCUT2D eigenvalue weighted by Crippen LogP contribution is -2.53. The van der Waals surface area contributed by atoms with Crippen LogP contribution in [0.4, 0.5) is 0 Å². The van der Waals surface area contributed by atoms with E-state index in [1.54, 1.807) is 11.8 Å². The Balaban J connectivity index is 1.60. The molecule has 126 valence electrons. The summed E-state index contributed by atoms with van der Waals surface area (Å²) in [5.41, 5.74) is 1.10. The highest BCUT2D eigenvalue weighted by Crippen LogP contribution is 2.18. The van der Waals surface area contributed by atoms with Crippen molar-refractivity contribution in [2.75, 3.05) is 45.6 Å². The van der Waals surface area contributed by atoms with Gasteiger partial charge in [-0.3, -0.25) is 4.79 Å². The predicted octanol–water partition coefficient (Wildman–Crippen LogP) is 2.27. The molecule has 1 unspecified atom stereocenters. The van der Waals surface area contributed by atoms with E-state index in [0.717, 1.165) is 31.7 Å². The van der Waals surface area contributed by atoms with Crippen molar-refractivity contribution < 1.29 is 9.53 Å². The van der Waals surface area contributed by atoms with E-state index in [0.29, 0.717) is 19.6 Å². The fraction of sp³-hybridized carbons (Fsp3) is 0.611. The summed E-state index contributed by atoms with van der Waals surface area (Å²) in [6, 6.07) is 8.53. The largest absolute Gasteiger partial charge is 0.377 e. The van der Waals surface area contributed by atoms with E-state index in [4.69, 9.17) is 4.74 Å². The molecule has 0 saturated carbocycles. The number of ether oxygens (including phenoxy) is 1. The minimum absolute atomic E-state index is 0.208. The summed E-state index contributed by atoms with van der Waals surface area (Å²) < 4.78 is 5.63. The highest BCUT2D eigenvalue weighted by molar-refractivity contribution is 7.98. The molecule has 1 atom stereocenters. The smallest absolute Gasteiger partial charge is 0.227 e. The second-order valence-corrected chi connectivity index (χ2v) is 7.23. The lowest BCUT2D eigenvalue weighted by Gasteiger charge is -2.37. The van der Waals surface area contributed by atoms with Crippen LogP contribution in [-0.2, 0) is 16.0 Å². The first-order chi connectivity index (χ1) is 11.3. The zero-order valence-corrected chi connectivity index (χ0v) is 14.7. The third-order valence-electron chi connectivity index (χ3n) is 4.73. The molecule has 1 aromatic rings. The number of morpholine rings is 1. The Morgan fingerprint density at radius 3 is 2.65 bits per heavy atom. The van der Waals surface area contributed by atoms with Crippen LogP contribution in [0.2, 0.25) is 0 Å². The van der Waals surface area contributed by atoms with Gasteiger partial charge in [0.15, 0.2) is 0 Å². The Morgan fingerprint density at radius 1 is 1.22 bits per heavy atom. The standard InChI is InChI=1S/C18H26N2O2S/c1-23-17-6-4-15(5-7-17)12-18(21)20-10-11-22-14-16(20)13-19-8-2-3-9-19/h4-7,16H,2-3,8-14H2,1H3. The number of benzene rings is 1. The first kappa shape index (κ1) is 16.8. The van der Waals surface area contributed by atoms with Gasteiger partial charge in [-0.2, -0.15) is 0 Å². The molecule has 2 aliphatic rings. The number of amides is 1. The molecular weight excluding hydrogens is 308 g/mol. The molecule has 4 nitrogen and oxygen atoms in total. The van der Waals surface area contributed by atoms with Crippen molar-refractivity contribution in [1.82, 2.24) is 9.80 Å². The van der Waals surface area contributed by atoms with Gasteiger partial charge in [-0.25, -0.2) is 0 Å². The van der Waals surface area contributed by atoms with E-state index in [1.807, 2.05) is 4.90 Å². The number of rotatable bonds is 5. The van der Waals surface area contributed by atoms with Gasteiger partial charge in [-0.15, -0.1) is 11.8 Å². The van der Waals surface area contributed by atoms with Crippen LogP contribution in [0, 0.1) is 0 Å². The molecule has 0 N–H and O–H groups in total. The van der Waals surface area contributed by atoms with Gasteiger partial charge >= 0.3 is 0 Å². The van der Waals surface area contributed by atoms with Crippen LogP contribution in [0.25, 0.3) is 0 Å². The van der Waals surface area contributed by atoms with Crippen LogP contribution in [0.5, 0.6) is 0 Å². The van der Waals surface area contributed by atoms with Crippen molar-refractivity contribution in [3.05, 3.63) is 29.8 Å². The molecule has 2 aliphatic heterocycles. The molecule has 0 radical (unpaired) electrons. The van der Waals surface area contributed by atoms with Crippen molar-refractivity contribution in [3.8, 4) is 0 Å². The minimum Gasteiger partial charge on any atom is -0.377 e. The van der Waals surface area contributed by atoms with Crippen molar-refractivity contribution in [3.63, 3.8) is 0 Å². The van der Waals surface area contributed by atoms with E-state index in [9.17, 15) is 4.79 Å². The molecular formula is C18H26N2O2S. The first-order valence-corrected chi connectivity index (χ1v) is 9.71. The maximum absolute atomic E-state index is 12.8. The average molecular weight is 334 g/mol. The first-order valence-electron chi connectivity index (χ1n) is 8.49. The summed E-state index contributed by atoms with van der Waals surface area (Å²) in [6.07, 6.45) is 5.12. The Hall–Kier alpha value is -1.04. The topological polar surface area (TPSA) is 32.8 Å². The van der Waals surface area contributed by atoms with Crippen LogP contribution in [-0.4, -0.2) is 67.4 Å². The molecule has 5 heteroatoms. The number of nitrogens with zero attached hydrogens (tertiary/aromatic N) is 2. The number of thioether (sulfide) groups is 1. The molecule has 2 saturated heterocycles. The zero-order valence-electron chi connectivity index (χ0n) is 13.9. The van der Waals surface area contributed by atoms with Gasteiger partial charge in [0, 0.05) is 18.0 Å². The van der Waals surface area contributed by atoms with Gasteiger partial charge in [0.1, 0.15) is 0 Å². The predicted molar refractivity (Wildman–Crippen MR) is 93.9 cm³/mol. The zero-order chi connectivity index (χ0) is 16.1. The van der Waals surface area contributed by atoms with E-state index < -0.39 is 0 Å². The van der Waals surface area contributed by atoms with Crippen LogP contribution in [0.1, 0.15) is 18.4 Å². The third-order valence-corrected chi connectivity index (χ3v) is 5.47. The van der Waals surface area contributed by atoms with Crippen molar-refractivity contribution in [2.24, 2.45) is 0 Å². The van der Waals surface area contributed by atoms with Crippen LogP contribution in [0.15, 0.2) is 29.2 Å². The van der Waals surface area contributed by atoms with Gasteiger partial charge in [-0.1, -0.05) is 12.1 Å². The quantitative estimate of drug-likeness (QED) is 0.774. The number of hydrogen-bond acceptors (Lipinski definition) is 4. The van der Waals surface area contributed by atoms with Gasteiger partial charge in [-0.05, 0) is 49.9 Å². The summed E-state index contributed by atoms with van der Waals surface area (Å²) in [5.74, 6) is 0.231. The number of carbonyl (C=O) groups excluding carboxylic acids is 1. The van der Waals surface area contributed by atoms with Gasteiger partial charge in [0.05, 0.1) is 25.7 Å². The second kappa shape index (κ2) is 8.18. The SMILES string of the molecule is CSc1ccc(CC(=O)N2CCOCC2CN2CCCC2)cc1. The highest BCUT2D eigenvalue weighted by atomic mass is 32.2. The molecule has 3 rings (SSSR count). The number of carbonyl (C=O) groups is 1. The molecule has 2 fully saturated rings. The highest BCUT2D eigenvalue weighted by Gasteiger charge is 2.29. The summed E-state index contributed by atoms with van der Waals surface area (Å²) >= 11 is 1.73. The molecule has 1 amide bonds. The summed E-state index contributed by atoms with van der Waals surface area (Å²) in [7, 11) is 0. The Kier molecular flexibility index (Phi) is 5.97. The van der Waals surface area contributed by atoms with Gasteiger partial charge in [0.2, 0.25) is 5.91 Å². The second-order valence-electron chi connectivity index (χ2n) is 6.35. The maximum Gasteiger partial charge on any atom is 0.227 e. The van der Waals surface area contributed by atoms with Crippen molar-refractivity contribution in [2.45, 2.75) is 30.2 Å². The minimum atomic E-state index is 0.208. The van der Waals surface area contributed by atoms with Crippen LogP contribution < -0.4 is 0 Å². The normalized spacial score (nSPS) is 22.5. The van der Waals surface area contributed by atoms with E-state index >= 15 is 0 Å². The van der Waals surface area contributed by atoms with Crippen LogP contribution in [0.3, 0.4) is 0 Å². The molecule has 2 heterocycles. The Labute approximate surface area is 143 Å². The molecule has 0 bridgehead atoms. The lowest BCUT2D eigenvalue weighted by molar-refractivity contribution is -0.139. The maximum atomic E-state index is 12.8. The molecule has 23 heavy (non-hydrogen) atoms. The monoisotopic (exact) mass is 334 g/mol. The lowest BCUT2D eigenvalue weighted by atomic mass is 10.1. The summed E-state index contributed by atoms with van der Waals surface area (Å²) in [5, 5.41) is 0. The van der Waals surface area contributed by atoms with E-state index in [1.165, 1.54) is 17.7 Å². The van der Waals surface area contributed by atoms with Crippen molar-refractivity contribution >= 4 is 17.7 Å². The van der Waals surface area contributed by atoms with E-state index in [-0.39, 0.29) is 11.9 Å². The molecule has 0 aromatic heterocycles. The summed E-state index contributed by atoms with van der Waals surface area (Å²) in [4.78, 5) is 18.5. The molecule has 1 aromatic carbocycles. The van der Waals surface area contributed by atoms with Crippen molar-refractivity contribution in [1.29, 1.82) is 0 Å². The van der Waals surface area contributed by atoms with Crippen LogP contribution >= 0.6 is 11.8 Å². The average Bonchev–Trinajstić information content (AvgIpc) is 3.09. The third kappa shape index (κ3) is 4.49. The molecule has 0 aliphatic carbocycles. The summed E-state index contributed by atoms with van der Waals surface area (Å²) in [6.45, 7) is 5.34. The number of likely N-dealkylation sites (tertiary alicyclic amines) is 1. The van der Waals surface area contributed by atoms with Gasteiger partial charge < -0.3 is 14.5 Å². The Bertz CT molecular complexity index is 514. The molecule has 0 spiro atoms. The Morgan fingerprint density at radius 2 is 1.96 bits per heavy atom. The fourth-order valence-corrected chi connectivity index (χ4v) is 3.83. The van der Waals surface area contributed by atoms with E-state index in [2.05, 4.69) is 35.4 Å². The van der Waals surface area contributed by atoms with Gasteiger partial charge in [0.25, 0.3) is 0 Å². The fourth-order valence-electron chi connectivity index (χ4n) is 3.42.